The maximum Gasteiger partial charge on any atom is 0.338 e. The normalized spacial score (nSPS) is 9.95. The van der Waals surface area contributed by atoms with Crippen LogP contribution in [0.3, 0.4) is 0 Å². The first-order valence-corrected chi connectivity index (χ1v) is 5.71. The van der Waals surface area contributed by atoms with Gasteiger partial charge in [-0.15, -0.1) is 0 Å². The van der Waals surface area contributed by atoms with Gasteiger partial charge in [0.2, 0.25) is 5.88 Å². The summed E-state index contributed by atoms with van der Waals surface area (Å²) in [5, 5.41) is 0. The van der Waals surface area contributed by atoms with Gasteiger partial charge in [-0.05, 0) is 36.4 Å². The third-order valence-corrected chi connectivity index (χ3v) is 2.55. The first-order valence-electron chi connectivity index (χ1n) is 5.71. The number of pyridine rings is 1. The highest BCUT2D eigenvalue weighted by Crippen LogP contribution is 2.15. The van der Waals surface area contributed by atoms with Gasteiger partial charge in [-0.25, -0.2) is 9.78 Å². The van der Waals surface area contributed by atoms with Gasteiger partial charge in [-0.3, -0.25) is 0 Å². The van der Waals surface area contributed by atoms with E-state index in [4.69, 9.17) is 15.2 Å². The van der Waals surface area contributed by atoms with Gasteiger partial charge in [0, 0.05) is 11.9 Å². The largest absolute Gasteiger partial charge is 0.481 e. The fourth-order valence-corrected chi connectivity index (χ4v) is 1.56. The Hall–Kier alpha value is -2.56. The van der Waals surface area contributed by atoms with Gasteiger partial charge in [0.1, 0.15) is 6.61 Å². The highest BCUT2D eigenvalue weighted by molar-refractivity contribution is 5.89. The Morgan fingerprint density at radius 1 is 1.26 bits per heavy atom. The molecule has 0 aliphatic rings. The van der Waals surface area contributed by atoms with E-state index in [0.717, 1.165) is 0 Å². The fraction of sp³-hybridized carbons (Fsp3) is 0.143. The van der Waals surface area contributed by atoms with Crippen molar-refractivity contribution in [3.05, 3.63) is 53.7 Å². The standard InChI is InChI=1S/C14H14N2O3/c1-18-13-11(3-2-8-16-13)9-19-14(17)10-4-6-12(15)7-5-10/h2-8H,9,15H2,1H3. The van der Waals surface area contributed by atoms with E-state index in [1.165, 1.54) is 7.11 Å². The second-order valence-electron chi connectivity index (χ2n) is 3.87. The molecule has 0 saturated carbocycles. The van der Waals surface area contributed by atoms with Crippen LogP contribution >= 0.6 is 0 Å². The monoisotopic (exact) mass is 258 g/mol. The lowest BCUT2D eigenvalue weighted by Crippen LogP contribution is -2.06. The van der Waals surface area contributed by atoms with Gasteiger partial charge in [0.15, 0.2) is 0 Å². The molecule has 2 N–H and O–H groups in total. The molecule has 0 aliphatic carbocycles. The summed E-state index contributed by atoms with van der Waals surface area (Å²) in [5.41, 5.74) is 7.33. The summed E-state index contributed by atoms with van der Waals surface area (Å²) in [4.78, 5) is 15.8. The van der Waals surface area contributed by atoms with Crippen LogP contribution in [-0.4, -0.2) is 18.1 Å². The number of rotatable bonds is 4. The molecule has 98 valence electrons. The molecule has 0 atom stereocenters. The Labute approximate surface area is 111 Å². The maximum absolute atomic E-state index is 11.8. The summed E-state index contributed by atoms with van der Waals surface area (Å²) in [6.07, 6.45) is 1.62. The summed E-state index contributed by atoms with van der Waals surface area (Å²) >= 11 is 0. The molecule has 2 rings (SSSR count). The molecule has 0 saturated heterocycles. The zero-order chi connectivity index (χ0) is 13.7. The van der Waals surface area contributed by atoms with Crippen LogP contribution < -0.4 is 10.5 Å². The first-order chi connectivity index (χ1) is 9.20. The minimum absolute atomic E-state index is 0.111. The molecule has 0 bridgehead atoms. The van der Waals surface area contributed by atoms with Crippen molar-refractivity contribution in [2.24, 2.45) is 0 Å². The van der Waals surface area contributed by atoms with E-state index >= 15 is 0 Å². The molecule has 1 aromatic heterocycles. The number of methoxy groups -OCH3 is 1. The van der Waals surface area contributed by atoms with Crippen molar-refractivity contribution in [1.29, 1.82) is 0 Å². The minimum Gasteiger partial charge on any atom is -0.481 e. The highest BCUT2D eigenvalue weighted by atomic mass is 16.5. The van der Waals surface area contributed by atoms with Crippen LogP contribution in [0.2, 0.25) is 0 Å². The van der Waals surface area contributed by atoms with Gasteiger partial charge >= 0.3 is 5.97 Å². The van der Waals surface area contributed by atoms with E-state index in [9.17, 15) is 4.79 Å². The predicted molar refractivity (Wildman–Crippen MR) is 70.8 cm³/mol. The molecule has 0 radical (unpaired) electrons. The quantitative estimate of drug-likeness (QED) is 0.671. The Morgan fingerprint density at radius 2 is 2.00 bits per heavy atom. The number of anilines is 1. The molecular formula is C14H14N2O3. The summed E-state index contributed by atoms with van der Waals surface area (Å²) in [6.45, 7) is 0.111. The van der Waals surface area contributed by atoms with Crippen molar-refractivity contribution in [1.82, 2.24) is 4.98 Å². The van der Waals surface area contributed by atoms with E-state index < -0.39 is 5.97 Å². The van der Waals surface area contributed by atoms with Crippen LogP contribution in [0.1, 0.15) is 15.9 Å². The lowest BCUT2D eigenvalue weighted by atomic mass is 10.2. The molecule has 0 spiro atoms. The summed E-state index contributed by atoms with van der Waals surface area (Å²) in [6, 6.07) is 10.1. The third-order valence-electron chi connectivity index (χ3n) is 2.55. The number of nitrogens with zero attached hydrogens (tertiary/aromatic N) is 1. The maximum atomic E-state index is 11.8. The minimum atomic E-state index is -0.411. The molecule has 5 heteroatoms. The number of hydrogen-bond donors (Lipinski definition) is 1. The molecule has 5 nitrogen and oxygen atoms in total. The van der Waals surface area contributed by atoms with Crippen LogP contribution in [0.25, 0.3) is 0 Å². The summed E-state index contributed by atoms with van der Waals surface area (Å²) < 4.78 is 10.3. The van der Waals surface area contributed by atoms with Crippen LogP contribution in [0, 0.1) is 0 Å². The predicted octanol–water partition coefficient (Wildman–Crippen LogP) is 2.03. The van der Waals surface area contributed by atoms with Crippen molar-refractivity contribution >= 4 is 11.7 Å². The number of hydrogen-bond acceptors (Lipinski definition) is 5. The molecular weight excluding hydrogens is 244 g/mol. The Morgan fingerprint density at radius 3 is 2.68 bits per heavy atom. The average molecular weight is 258 g/mol. The summed E-state index contributed by atoms with van der Waals surface area (Å²) in [5.74, 6) is 0.0403. The van der Waals surface area contributed by atoms with Crippen LogP contribution in [0.15, 0.2) is 42.6 Å². The van der Waals surface area contributed by atoms with Gasteiger partial charge in [0.05, 0.1) is 18.2 Å². The number of nitrogen functional groups attached to an aromatic ring is 1. The molecule has 0 fully saturated rings. The summed E-state index contributed by atoms with van der Waals surface area (Å²) in [7, 11) is 1.52. The number of carbonyl (C=O) groups excluding carboxylic acids is 1. The van der Waals surface area contributed by atoms with Crippen LogP contribution in [0.5, 0.6) is 5.88 Å². The average Bonchev–Trinajstić information content (AvgIpc) is 2.45. The van der Waals surface area contributed by atoms with E-state index in [1.54, 1.807) is 42.6 Å². The SMILES string of the molecule is COc1ncccc1COC(=O)c1ccc(N)cc1. The molecule has 0 amide bonds. The van der Waals surface area contributed by atoms with Gasteiger partial charge in [0.25, 0.3) is 0 Å². The molecule has 1 aromatic carbocycles. The number of nitrogens with two attached hydrogens (primary N) is 1. The zero-order valence-corrected chi connectivity index (χ0v) is 10.5. The van der Waals surface area contributed by atoms with E-state index in [-0.39, 0.29) is 6.61 Å². The van der Waals surface area contributed by atoms with E-state index in [1.807, 2.05) is 0 Å². The molecule has 19 heavy (non-hydrogen) atoms. The van der Waals surface area contributed by atoms with E-state index in [0.29, 0.717) is 22.7 Å². The molecule has 2 aromatic rings. The number of carbonyl (C=O) groups is 1. The highest BCUT2D eigenvalue weighted by Gasteiger charge is 2.09. The lowest BCUT2D eigenvalue weighted by molar-refractivity contribution is 0.0469. The van der Waals surface area contributed by atoms with Crippen LogP contribution in [0.4, 0.5) is 5.69 Å². The number of aromatic nitrogens is 1. The number of esters is 1. The molecule has 0 aliphatic heterocycles. The number of benzene rings is 1. The third kappa shape index (κ3) is 3.22. The number of ether oxygens (including phenoxy) is 2. The lowest BCUT2D eigenvalue weighted by Gasteiger charge is -2.08. The first kappa shape index (κ1) is 12.9. The van der Waals surface area contributed by atoms with Gasteiger partial charge < -0.3 is 15.2 Å². The second-order valence-corrected chi connectivity index (χ2v) is 3.87. The fourth-order valence-electron chi connectivity index (χ4n) is 1.56. The second kappa shape index (κ2) is 5.86. The van der Waals surface area contributed by atoms with Gasteiger partial charge in [-0.2, -0.15) is 0 Å². The topological polar surface area (TPSA) is 74.4 Å². The van der Waals surface area contributed by atoms with Crippen molar-refractivity contribution in [3.63, 3.8) is 0 Å². The zero-order valence-electron chi connectivity index (χ0n) is 10.5. The van der Waals surface area contributed by atoms with Crippen molar-refractivity contribution in [3.8, 4) is 5.88 Å². The van der Waals surface area contributed by atoms with Crippen molar-refractivity contribution in [2.45, 2.75) is 6.61 Å². The van der Waals surface area contributed by atoms with E-state index in [2.05, 4.69) is 4.98 Å². The van der Waals surface area contributed by atoms with Gasteiger partial charge in [-0.1, -0.05) is 0 Å². The Kier molecular flexibility index (Phi) is 3.97. The Balaban J connectivity index is 2.02. The Bertz CT molecular complexity index is 567. The molecule has 0 unspecified atom stereocenters. The van der Waals surface area contributed by atoms with Crippen LogP contribution in [-0.2, 0) is 11.3 Å². The van der Waals surface area contributed by atoms with Crippen molar-refractivity contribution < 1.29 is 14.3 Å². The molecule has 1 heterocycles. The van der Waals surface area contributed by atoms with Crippen molar-refractivity contribution in [2.75, 3.05) is 12.8 Å². The smallest absolute Gasteiger partial charge is 0.338 e.